The number of para-hydroxylation sites is 1. The fourth-order valence-corrected chi connectivity index (χ4v) is 3.75. The first kappa shape index (κ1) is 23.2. The van der Waals surface area contributed by atoms with E-state index >= 15 is 0 Å². The van der Waals surface area contributed by atoms with Gasteiger partial charge in [-0.3, -0.25) is 13.9 Å². The average Bonchev–Trinajstić information content (AvgIpc) is 2.81. The highest BCUT2D eigenvalue weighted by Crippen LogP contribution is 2.25. The Morgan fingerprint density at radius 2 is 1.62 bits per heavy atom. The van der Waals surface area contributed by atoms with E-state index in [0.29, 0.717) is 35.4 Å². The van der Waals surface area contributed by atoms with Gasteiger partial charge in [-0.25, -0.2) is 9.79 Å². The second-order valence-electron chi connectivity index (χ2n) is 6.76. The number of aromatic hydroxyl groups is 1. The van der Waals surface area contributed by atoms with Gasteiger partial charge in [0.25, 0.3) is 5.56 Å². The van der Waals surface area contributed by atoms with Gasteiger partial charge in [0.05, 0.1) is 18.9 Å². The van der Waals surface area contributed by atoms with Gasteiger partial charge in [-0.15, -0.1) is 11.8 Å². The predicted octanol–water partition coefficient (Wildman–Crippen LogP) is 3.08. The Balaban J connectivity index is 1.93. The second-order valence-corrected chi connectivity index (χ2v) is 7.84. The SMILES string of the molecule is CCOc1ccc(N=C(SCCOc2ccccc2)c2c(O)n(C)c(=O)n(C)c2=O)cc1. The maximum absolute atomic E-state index is 12.8. The number of nitrogens with zero attached hydrogens (tertiary/aromatic N) is 3. The number of aliphatic imine (C=N–C) groups is 1. The zero-order valence-electron chi connectivity index (χ0n) is 18.1. The molecule has 2 aromatic carbocycles. The number of aromatic nitrogens is 2. The van der Waals surface area contributed by atoms with Crippen LogP contribution in [-0.4, -0.2) is 38.3 Å². The molecular formula is C23H25N3O5S. The van der Waals surface area contributed by atoms with E-state index < -0.39 is 17.1 Å². The molecule has 168 valence electrons. The lowest BCUT2D eigenvalue weighted by Gasteiger charge is -2.13. The van der Waals surface area contributed by atoms with Crippen molar-refractivity contribution in [1.82, 2.24) is 9.13 Å². The molecule has 0 spiro atoms. The molecule has 0 aliphatic carbocycles. The molecule has 0 saturated carbocycles. The van der Waals surface area contributed by atoms with E-state index in [9.17, 15) is 14.7 Å². The molecule has 0 amide bonds. The van der Waals surface area contributed by atoms with E-state index in [1.54, 1.807) is 24.3 Å². The van der Waals surface area contributed by atoms with Gasteiger partial charge in [0.2, 0.25) is 5.88 Å². The molecule has 1 heterocycles. The summed E-state index contributed by atoms with van der Waals surface area (Å²) in [6, 6.07) is 16.5. The third-order valence-electron chi connectivity index (χ3n) is 4.56. The number of thioether (sulfide) groups is 1. The summed E-state index contributed by atoms with van der Waals surface area (Å²) < 4.78 is 13.1. The monoisotopic (exact) mass is 455 g/mol. The Morgan fingerprint density at radius 1 is 0.969 bits per heavy atom. The van der Waals surface area contributed by atoms with Gasteiger partial charge >= 0.3 is 5.69 Å². The van der Waals surface area contributed by atoms with Gasteiger partial charge in [-0.1, -0.05) is 18.2 Å². The Hall–Kier alpha value is -3.46. The summed E-state index contributed by atoms with van der Waals surface area (Å²) in [6.07, 6.45) is 0. The lowest BCUT2D eigenvalue weighted by atomic mass is 10.3. The lowest BCUT2D eigenvalue weighted by molar-refractivity contribution is 0.340. The summed E-state index contributed by atoms with van der Waals surface area (Å²) in [5.74, 6) is 1.48. The molecule has 3 rings (SSSR count). The molecule has 1 N–H and O–H groups in total. The first-order valence-electron chi connectivity index (χ1n) is 10.0. The number of ether oxygens (including phenoxy) is 2. The van der Waals surface area contributed by atoms with Crippen molar-refractivity contribution in [3.8, 4) is 17.4 Å². The molecule has 9 heteroatoms. The Kier molecular flexibility index (Phi) is 7.77. The molecule has 32 heavy (non-hydrogen) atoms. The molecule has 0 fully saturated rings. The highest BCUT2D eigenvalue weighted by atomic mass is 32.2. The standard InChI is InChI=1S/C23H25N3O5S/c1-4-30-18-12-10-16(11-13-18)24-20(32-15-14-31-17-8-6-5-7-9-17)19-21(27)25(2)23(29)26(3)22(19)28/h5-13,27H,4,14-15H2,1-3H3. The molecule has 3 aromatic rings. The van der Waals surface area contributed by atoms with Crippen molar-refractivity contribution in [2.24, 2.45) is 19.1 Å². The first-order chi connectivity index (χ1) is 15.4. The topological polar surface area (TPSA) is 95.0 Å². The van der Waals surface area contributed by atoms with Gasteiger partial charge in [0.15, 0.2) is 0 Å². The number of benzene rings is 2. The van der Waals surface area contributed by atoms with Crippen LogP contribution in [0.2, 0.25) is 0 Å². The van der Waals surface area contributed by atoms with Crippen LogP contribution in [0.25, 0.3) is 0 Å². The van der Waals surface area contributed by atoms with Crippen LogP contribution in [0.1, 0.15) is 12.5 Å². The van der Waals surface area contributed by atoms with Crippen molar-refractivity contribution >= 4 is 22.5 Å². The van der Waals surface area contributed by atoms with Gasteiger partial charge in [0.1, 0.15) is 22.1 Å². The maximum Gasteiger partial charge on any atom is 0.333 e. The summed E-state index contributed by atoms with van der Waals surface area (Å²) >= 11 is 1.26. The summed E-state index contributed by atoms with van der Waals surface area (Å²) in [6.45, 7) is 2.81. The van der Waals surface area contributed by atoms with Crippen LogP contribution in [0, 0.1) is 0 Å². The number of hydrogen-bond acceptors (Lipinski definition) is 7. The van der Waals surface area contributed by atoms with E-state index in [1.807, 2.05) is 37.3 Å². The minimum atomic E-state index is -0.619. The first-order valence-corrected chi connectivity index (χ1v) is 11.0. The minimum absolute atomic E-state index is 0.0341. The normalized spacial score (nSPS) is 11.4. The van der Waals surface area contributed by atoms with Crippen LogP contribution in [0.15, 0.2) is 69.2 Å². The molecule has 1 aromatic heterocycles. The van der Waals surface area contributed by atoms with Crippen LogP contribution < -0.4 is 20.7 Å². The Labute approximate surface area is 189 Å². The van der Waals surface area contributed by atoms with E-state index in [0.717, 1.165) is 14.9 Å². The Bertz CT molecular complexity index is 1200. The van der Waals surface area contributed by atoms with Gasteiger partial charge in [-0.2, -0.15) is 0 Å². The lowest BCUT2D eigenvalue weighted by Crippen LogP contribution is -2.39. The van der Waals surface area contributed by atoms with E-state index in [4.69, 9.17) is 9.47 Å². The summed E-state index contributed by atoms with van der Waals surface area (Å²) in [7, 11) is 2.77. The van der Waals surface area contributed by atoms with E-state index in [-0.39, 0.29) is 5.56 Å². The number of hydrogen-bond donors (Lipinski definition) is 1. The highest BCUT2D eigenvalue weighted by molar-refractivity contribution is 8.14. The quantitative estimate of drug-likeness (QED) is 0.319. The molecule has 0 radical (unpaired) electrons. The van der Waals surface area contributed by atoms with Crippen molar-refractivity contribution < 1.29 is 14.6 Å². The van der Waals surface area contributed by atoms with Gasteiger partial charge < -0.3 is 14.6 Å². The minimum Gasteiger partial charge on any atom is -0.494 e. The third-order valence-corrected chi connectivity index (χ3v) is 5.50. The van der Waals surface area contributed by atoms with Crippen LogP contribution in [0.4, 0.5) is 5.69 Å². The van der Waals surface area contributed by atoms with E-state index in [2.05, 4.69) is 4.99 Å². The summed E-state index contributed by atoms with van der Waals surface area (Å²) in [5, 5.41) is 10.9. The Morgan fingerprint density at radius 3 is 2.28 bits per heavy atom. The van der Waals surface area contributed by atoms with Crippen LogP contribution >= 0.6 is 11.8 Å². The van der Waals surface area contributed by atoms with Crippen LogP contribution in [0.3, 0.4) is 0 Å². The van der Waals surface area contributed by atoms with Crippen molar-refractivity contribution in [2.45, 2.75) is 6.92 Å². The van der Waals surface area contributed by atoms with Crippen molar-refractivity contribution in [3.63, 3.8) is 0 Å². The fourth-order valence-electron chi connectivity index (χ4n) is 2.90. The predicted molar refractivity (Wildman–Crippen MR) is 127 cm³/mol. The molecular weight excluding hydrogens is 430 g/mol. The average molecular weight is 456 g/mol. The van der Waals surface area contributed by atoms with Crippen LogP contribution in [-0.2, 0) is 14.1 Å². The molecule has 0 aliphatic rings. The largest absolute Gasteiger partial charge is 0.494 e. The van der Waals surface area contributed by atoms with Crippen LogP contribution in [0.5, 0.6) is 17.4 Å². The van der Waals surface area contributed by atoms with Gasteiger partial charge in [0, 0.05) is 19.8 Å². The summed E-state index contributed by atoms with van der Waals surface area (Å²) in [4.78, 5) is 29.6. The zero-order valence-corrected chi connectivity index (χ0v) is 19.0. The third kappa shape index (κ3) is 5.42. The molecule has 0 aliphatic heterocycles. The molecule has 0 atom stereocenters. The maximum atomic E-state index is 12.8. The van der Waals surface area contributed by atoms with Crippen molar-refractivity contribution in [3.05, 3.63) is 81.0 Å². The van der Waals surface area contributed by atoms with Crippen molar-refractivity contribution in [2.75, 3.05) is 19.0 Å². The van der Waals surface area contributed by atoms with Crippen molar-refractivity contribution in [1.29, 1.82) is 0 Å². The molecule has 0 unspecified atom stereocenters. The molecule has 0 bridgehead atoms. The summed E-state index contributed by atoms with van der Waals surface area (Å²) in [5.41, 5.74) is -0.690. The fraction of sp³-hybridized carbons (Fsp3) is 0.261. The van der Waals surface area contributed by atoms with E-state index in [1.165, 1.54) is 25.9 Å². The second kappa shape index (κ2) is 10.7. The molecule has 8 nitrogen and oxygen atoms in total. The van der Waals surface area contributed by atoms with Gasteiger partial charge in [-0.05, 0) is 43.3 Å². The molecule has 0 saturated heterocycles. The zero-order chi connectivity index (χ0) is 23.1. The number of rotatable bonds is 8. The highest BCUT2D eigenvalue weighted by Gasteiger charge is 2.21. The smallest absolute Gasteiger partial charge is 0.333 e.